The maximum absolute atomic E-state index is 5.99. The van der Waals surface area contributed by atoms with E-state index in [9.17, 15) is 0 Å². The zero-order chi connectivity index (χ0) is 24.7. The van der Waals surface area contributed by atoms with Gasteiger partial charge in [0.1, 0.15) is 23.0 Å². The van der Waals surface area contributed by atoms with Crippen molar-refractivity contribution >= 4 is 0 Å². The van der Waals surface area contributed by atoms with Crippen LogP contribution >= 0.6 is 0 Å². The van der Waals surface area contributed by atoms with Crippen molar-refractivity contribution in [1.82, 2.24) is 0 Å². The Labute approximate surface area is 213 Å². The van der Waals surface area contributed by atoms with Gasteiger partial charge >= 0.3 is 0 Å². The largest absolute Gasteiger partial charge is 0.496 e. The summed E-state index contributed by atoms with van der Waals surface area (Å²) >= 11 is 0. The Balaban J connectivity index is 1.35. The highest BCUT2D eigenvalue weighted by atomic mass is 16.7. The molecule has 36 heavy (non-hydrogen) atoms. The molecule has 5 rings (SSSR count). The lowest BCUT2D eigenvalue weighted by molar-refractivity contribution is -0.106. The summed E-state index contributed by atoms with van der Waals surface area (Å²) in [5.41, 5.74) is 3.94. The van der Waals surface area contributed by atoms with Crippen LogP contribution in [0, 0.1) is 0 Å². The van der Waals surface area contributed by atoms with Gasteiger partial charge in [0.25, 0.3) is 0 Å². The molecular formula is C30H34O6. The minimum absolute atomic E-state index is 0.162. The molecule has 0 aromatic heterocycles. The quantitative estimate of drug-likeness (QED) is 0.344. The molecule has 2 aliphatic heterocycles. The predicted molar refractivity (Wildman–Crippen MR) is 139 cm³/mol. The monoisotopic (exact) mass is 490 g/mol. The number of hydrogen-bond donors (Lipinski definition) is 0. The van der Waals surface area contributed by atoms with Crippen molar-refractivity contribution < 1.29 is 28.4 Å². The summed E-state index contributed by atoms with van der Waals surface area (Å²) in [5.74, 6) is 3.14. The minimum Gasteiger partial charge on any atom is -0.496 e. The van der Waals surface area contributed by atoms with Gasteiger partial charge in [0, 0.05) is 24.0 Å². The Hall–Kier alpha value is -3.22. The Kier molecular flexibility index (Phi) is 7.94. The Morgan fingerprint density at radius 2 is 1.00 bits per heavy atom. The average Bonchev–Trinajstić information content (AvgIpc) is 2.94. The van der Waals surface area contributed by atoms with Crippen LogP contribution < -0.4 is 18.9 Å². The van der Waals surface area contributed by atoms with Crippen LogP contribution in [0.4, 0.5) is 0 Å². The molecule has 2 saturated heterocycles. The Morgan fingerprint density at radius 3 is 1.33 bits per heavy atom. The molecule has 0 N–H and O–H groups in total. The van der Waals surface area contributed by atoms with Gasteiger partial charge < -0.3 is 28.4 Å². The van der Waals surface area contributed by atoms with Crippen molar-refractivity contribution in [1.29, 1.82) is 0 Å². The zero-order valence-electron chi connectivity index (χ0n) is 21.0. The van der Waals surface area contributed by atoms with Gasteiger partial charge in [-0.05, 0) is 73.2 Å². The third kappa shape index (κ3) is 5.77. The predicted octanol–water partition coefficient (Wildman–Crippen LogP) is 6.85. The van der Waals surface area contributed by atoms with E-state index in [4.69, 9.17) is 28.4 Å². The number of rotatable bonds is 8. The highest BCUT2D eigenvalue weighted by molar-refractivity contribution is 5.81. The van der Waals surface area contributed by atoms with Crippen LogP contribution in [0.15, 0.2) is 60.7 Å². The molecule has 6 nitrogen and oxygen atoms in total. The molecular weight excluding hydrogens is 456 g/mol. The van der Waals surface area contributed by atoms with E-state index in [1.54, 1.807) is 14.2 Å². The normalized spacial score (nSPS) is 19.9. The first-order chi connectivity index (χ1) is 17.7. The van der Waals surface area contributed by atoms with Crippen LogP contribution in [-0.4, -0.2) is 40.0 Å². The van der Waals surface area contributed by atoms with Gasteiger partial charge in [-0.1, -0.05) is 24.3 Å². The topological polar surface area (TPSA) is 55.4 Å². The maximum Gasteiger partial charge on any atom is 0.199 e. The lowest BCUT2D eigenvalue weighted by atomic mass is 9.97. The summed E-state index contributed by atoms with van der Waals surface area (Å²) < 4.78 is 34.9. The molecule has 2 aliphatic rings. The van der Waals surface area contributed by atoms with Crippen LogP contribution in [0.3, 0.4) is 0 Å². The lowest BCUT2D eigenvalue weighted by Gasteiger charge is -2.23. The summed E-state index contributed by atoms with van der Waals surface area (Å²) in [6.07, 6.45) is 6.00. The van der Waals surface area contributed by atoms with Gasteiger partial charge in [0.15, 0.2) is 12.6 Å². The van der Waals surface area contributed by atoms with Crippen molar-refractivity contribution in [2.75, 3.05) is 27.4 Å². The Bertz CT molecular complexity index is 1020. The third-order valence-corrected chi connectivity index (χ3v) is 6.66. The molecule has 0 spiro atoms. The molecule has 2 atom stereocenters. The summed E-state index contributed by atoms with van der Waals surface area (Å²) in [5, 5.41) is 0. The van der Waals surface area contributed by atoms with Gasteiger partial charge in [0.2, 0.25) is 0 Å². The lowest BCUT2D eigenvalue weighted by Crippen LogP contribution is -2.24. The van der Waals surface area contributed by atoms with E-state index >= 15 is 0 Å². The van der Waals surface area contributed by atoms with E-state index in [-0.39, 0.29) is 12.6 Å². The van der Waals surface area contributed by atoms with E-state index in [1.807, 2.05) is 60.7 Å². The molecule has 190 valence electrons. The molecule has 0 amide bonds. The van der Waals surface area contributed by atoms with Gasteiger partial charge in [-0.15, -0.1) is 0 Å². The molecule has 2 fully saturated rings. The molecule has 0 radical (unpaired) electrons. The zero-order valence-corrected chi connectivity index (χ0v) is 21.0. The van der Waals surface area contributed by atoms with E-state index in [0.29, 0.717) is 0 Å². The minimum atomic E-state index is -0.162. The van der Waals surface area contributed by atoms with E-state index in [2.05, 4.69) is 0 Å². The second kappa shape index (κ2) is 11.7. The molecule has 3 aromatic carbocycles. The van der Waals surface area contributed by atoms with Crippen molar-refractivity contribution in [2.45, 2.75) is 51.1 Å². The van der Waals surface area contributed by atoms with Crippen LogP contribution in [0.2, 0.25) is 0 Å². The number of ether oxygens (including phenoxy) is 6. The van der Waals surface area contributed by atoms with Crippen molar-refractivity contribution in [3.8, 4) is 45.3 Å². The highest BCUT2D eigenvalue weighted by Crippen LogP contribution is 2.41. The molecule has 2 unspecified atom stereocenters. The molecule has 0 aliphatic carbocycles. The highest BCUT2D eigenvalue weighted by Gasteiger charge is 2.18. The summed E-state index contributed by atoms with van der Waals surface area (Å²) in [7, 11) is 3.38. The van der Waals surface area contributed by atoms with E-state index < -0.39 is 0 Å². The standard InChI is InChI=1S/C30H34O6/c1-31-27-19-26(22-11-15-24(16-12-22)36-30-8-4-6-18-34-30)28(32-2)20-25(27)21-9-13-23(14-10-21)35-29-7-3-5-17-33-29/h9-16,19-20,29-30H,3-8,17-18H2,1-2H3. The van der Waals surface area contributed by atoms with Crippen LogP contribution in [-0.2, 0) is 9.47 Å². The molecule has 2 heterocycles. The first-order valence-electron chi connectivity index (χ1n) is 12.8. The Morgan fingerprint density at radius 1 is 0.583 bits per heavy atom. The fourth-order valence-corrected chi connectivity index (χ4v) is 4.69. The fourth-order valence-electron chi connectivity index (χ4n) is 4.69. The molecule has 3 aromatic rings. The average molecular weight is 491 g/mol. The van der Waals surface area contributed by atoms with Gasteiger partial charge in [-0.2, -0.15) is 0 Å². The van der Waals surface area contributed by atoms with Crippen LogP contribution in [0.1, 0.15) is 38.5 Å². The SMILES string of the molecule is COc1cc(-c2ccc(OC3CCCCO3)cc2)c(OC)cc1-c1ccc(OC2CCCCO2)cc1. The van der Waals surface area contributed by atoms with Crippen LogP contribution in [0.5, 0.6) is 23.0 Å². The van der Waals surface area contributed by atoms with Gasteiger partial charge in [-0.25, -0.2) is 0 Å². The molecule has 0 bridgehead atoms. The fraction of sp³-hybridized carbons (Fsp3) is 0.400. The summed E-state index contributed by atoms with van der Waals surface area (Å²) in [6, 6.07) is 20.1. The number of hydrogen-bond acceptors (Lipinski definition) is 6. The number of benzene rings is 3. The molecule has 0 saturated carbocycles. The van der Waals surface area contributed by atoms with Gasteiger partial charge in [0.05, 0.1) is 27.4 Å². The van der Waals surface area contributed by atoms with E-state index in [0.717, 1.165) is 97.0 Å². The summed E-state index contributed by atoms with van der Waals surface area (Å²) in [6.45, 7) is 1.52. The smallest absolute Gasteiger partial charge is 0.199 e. The third-order valence-electron chi connectivity index (χ3n) is 6.66. The molecule has 6 heteroatoms. The van der Waals surface area contributed by atoms with Gasteiger partial charge in [-0.3, -0.25) is 0 Å². The van der Waals surface area contributed by atoms with E-state index in [1.165, 1.54) is 0 Å². The first-order valence-corrected chi connectivity index (χ1v) is 12.8. The summed E-state index contributed by atoms with van der Waals surface area (Å²) in [4.78, 5) is 0. The van der Waals surface area contributed by atoms with Crippen molar-refractivity contribution in [3.05, 3.63) is 60.7 Å². The second-order valence-electron chi connectivity index (χ2n) is 9.13. The first kappa shape index (κ1) is 24.5. The van der Waals surface area contributed by atoms with Crippen LogP contribution in [0.25, 0.3) is 22.3 Å². The van der Waals surface area contributed by atoms with Crippen molar-refractivity contribution in [2.24, 2.45) is 0 Å². The maximum atomic E-state index is 5.99. The second-order valence-corrected chi connectivity index (χ2v) is 9.13. The van der Waals surface area contributed by atoms with Crippen molar-refractivity contribution in [3.63, 3.8) is 0 Å². The number of methoxy groups -OCH3 is 2.